The monoisotopic (exact) mass is 140 g/mol. The van der Waals surface area contributed by atoms with Crippen molar-refractivity contribution in [3.63, 3.8) is 0 Å². The molecule has 0 bridgehead atoms. The van der Waals surface area contributed by atoms with E-state index in [0.717, 1.165) is 12.8 Å². The lowest BCUT2D eigenvalue weighted by molar-refractivity contribution is -0.115. The Kier molecular flexibility index (Phi) is 2.10. The Morgan fingerprint density at radius 3 is 2.60 bits per heavy atom. The number of carbonyl (C=O) groups excluding carboxylic acids is 1. The molecule has 1 saturated carbocycles. The number of rotatable bonds is 3. The van der Waals surface area contributed by atoms with Gasteiger partial charge in [-0.2, -0.15) is 0 Å². The second kappa shape index (κ2) is 2.86. The third-order valence-electron chi connectivity index (χ3n) is 1.65. The molecule has 2 heteroatoms. The van der Waals surface area contributed by atoms with E-state index in [2.05, 4.69) is 0 Å². The predicted octanol–water partition coefficient (Wildman–Crippen LogP) is 1.52. The van der Waals surface area contributed by atoms with Gasteiger partial charge in [0.2, 0.25) is 0 Å². The molecular formula is C8H12O2. The van der Waals surface area contributed by atoms with Gasteiger partial charge in [-0.15, -0.1) is 0 Å². The van der Waals surface area contributed by atoms with Crippen molar-refractivity contribution in [1.82, 2.24) is 0 Å². The number of hydrogen-bond acceptors (Lipinski definition) is 2. The highest BCUT2D eigenvalue weighted by Gasteiger charge is 2.27. The van der Waals surface area contributed by atoms with Gasteiger partial charge in [-0.05, 0) is 19.8 Å². The second-order valence-corrected chi connectivity index (χ2v) is 2.64. The van der Waals surface area contributed by atoms with Gasteiger partial charge >= 0.3 is 0 Å². The van der Waals surface area contributed by atoms with Gasteiger partial charge in [-0.25, -0.2) is 0 Å². The average Bonchev–Trinajstić information content (AvgIpc) is 2.68. The summed E-state index contributed by atoms with van der Waals surface area (Å²) in [5.74, 6) is 1.24. The molecule has 1 aliphatic rings. The van der Waals surface area contributed by atoms with Crippen molar-refractivity contribution in [2.45, 2.75) is 19.8 Å². The van der Waals surface area contributed by atoms with Gasteiger partial charge < -0.3 is 4.74 Å². The number of methoxy groups -OCH3 is 1. The number of allylic oxidation sites excluding steroid dienone is 2. The van der Waals surface area contributed by atoms with Crippen molar-refractivity contribution in [3.8, 4) is 0 Å². The standard InChI is InChI=1S/C8H12O2/c1-6(10-2)5-8(9)7-3-4-7/h5,7H,3-4H2,1-2H3. The zero-order chi connectivity index (χ0) is 7.56. The molecule has 0 unspecified atom stereocenters. The minimum Gasteiger partial charge on any atom is -0.501 e. The molecule has 1 rings (SSSR count). The lowest BCUT2D eigenvalue weighted by Crippen LogP contribution is -1.96. The fraction of sp³-hybridized carbons (Fsp3) is 0.625. The van der Waals surface area contributed by atoms with E-state index < -0.39 is 0 Å². The number of hydrogen-bond donors (Lipinski definition) is 0. The van der Waals surface area contributed by atoms with Crippen LogP contribution in [0.5, 0.6) is 0 Å². The molecule has 1 fully saturated rings. The van der Waals surface area contributed by atoms with Crippen LogP contribution in [-0.4, -0.2) is 12.9 Å². The highest BCUT2D eigenvalue weighted by Crippen LogP contribution is 2.30. The number of carbonyl (C=O) groups is 1. The molecular weight excluding hydrogens is 128 g/mol. The third kappa shape index (κ3) is 1.87. The van der Waals surface area contributed by atoms with Crippen LogP contribution in [0, 0.1) is 5.92 Å². The Bertz CT molecular complexity index is 166. The largest absolute Gasteiger partial charge is 0.501 e. The summed E-state index contributed by atoms with van der Waals surface area (Å²) < 4.78 is 4.84. The van der Waals surface area contributed by atoms with Gasteiger partial charge in [0.25, 0.3) is 0 Å². The Hall–Kier alpha value is -0.790. The molecule has 0 radical (unpaired) electrons. The van der Waals surface area contributed by atoms with E-state index in [0.29, 0.717) is 11.7 Å². The smallest absolute Gasteiger partial charge is 0.162 e. The van der Waals surface area contributed by atoms with Crippen LogP contribution < -0.4 is 0 Å². The molecule has 0 atom stereocenters. The van der Waals surface area contributed by atoms with Gasteiger partial charge in [-0.3, -0.25) is 4.79 Å². The minimum atomic E-state index is 0.222. The van der Waals surface area contributed by atoms with Crippen LogP contribution in [0.4, 0.5) is 0 Å². The Morgan fingerprint density at radius 1 is 1.60 bits per heavy atom. The predicted molar refractivity (Wildman–Crippen MR) is 38.5 cm³/mol. The molecule has 1 aliphatic carbocycles. The summed E-state index contributed by atoms with van der Waals surface area (Å²) in [5.41, 5.74) is 0. The summed E-state index contributed by atoms with van der Waals surface area (Å²) in [5, 5.41) is 0. The fourth-order valence-corrected chi connectivity index (χ4v) is 0.745. The van der Waals surface area contributed by atoms with E-state index in [1.807, 2.05) is 0 Å². The van der Waals surface area contributed by atoms with Crippen LogP contribution in [0.1, 0.15) is 19.8 Å². The molecule has 0 amide bonds. The molecule has 0 saturated heterocycles. The van der Waals surface area contributed by atoms with Crippen LogP contribution >= 0.6 is 0 Å². The van der Waals surface area contributed by atoms with Crippen LogP contribution in [-0.2, 0) is 9.53 Å². The first kappa shape index (κ1) is 7.32. The Labute approximate surface area is 60.9 Å². The summed E-state index contributed by atoms with van der Waals surface area (Å²) in [6, 6.07) is 0. The van der Waals surface area contributed by atoms with Crippen molar-refractivity contribution in [1.29, 1.82) is 0 Å². The van der Waals surface area contributed by atoms with Crippen molar-refractivity contribution < 1.29 is 9.53 Å². The van der Waals surface area contributed by atoms with E-state index in [-0.39, 0.29) is 5.78 Å². The molecule has 56 valence electrons. The van der Waals surface area contributed by atoms with Gasteiger partial charge in [0, 0.05) is 12.0 Å². The molecule has 0 aromatic heterocycles. The lowest BCUT2D eigenvalue weighted by Gasteiger charge is -1.95. The van der Waals surface area contributed by atoms with Crippen molar-refractivity contribution in [3.05, 3.63) is 11.8 Å². The minimum absolute atomic E-state index is 0.222. The first-order chi connectivity index (χ1) is 4.74. The van der Waals surface area contributed by atoms with Gasteiger partial charge in [0.15, 0.2) is 5.78 Å². The zero-order valence-corrected chi connectivity index (χ0v) is 6.39. The first-order valence-electron chi connectivity index (χ1n) is 3.50. The number of ketones is 1. The molecule has 0 aliphatic heterocycles. The van der Waals surface area contributed by atoms with E-state index in [1.54, 1.807) is 20.1 Å². The van der Waals surface area contributed by atoms with Crippen LogP contribution in [0.2, 0.25) is 0 Å². The third-order valence-corrected chi connectivity index (χ3v) is 1.65. The van der Waals surface area contributed by atoms with Gasteiger partial charge in [0.1, 0.15) is 0 Å². The molecule has 0 heterocycles. The maximum absolute atomic E-state index is 11.0. The van der Waals surface area contributed by atoms with E-state index in [1.165, 1.54) is 0 Å². The Morgan fingerprint density at radius 2 is 2.20 bits per heavy atom. The summed E-state index contributed by atoms with van der Waals surface area (Å²) in [6.45, 7) is 1.79. The van der Waals surface area contributed by atoms with Crippen LogP contribution in [0.3, 0.4) is 0 Å². The fourth-order valence-electron chi connectivity index (χ4n) is 0.745. The molecule has 0 aromatic rings. The quantitative estimate of drug-likeness (QED) is 0.439. The van der Waals surface area contributed by atoms with Crippen LogP contribution in [0.15, 0.2) is 11.8 Å². The molecule has 0 aromatic carbocycles. The van der Waals surface area contributed by atoms with E-state index in [4.69, 9.17) is 4.74 Å². The molecule has 2 nitrogen and oxygen atoms in total. The molecule has 0 spiro atoms. The summed E-state index contributed by atoms with van der Waals surface area (Å²) in [4.78, 5) is 11.0. The normalized spacial score (nSPS) is 18.8. The maximum Gasteiger partial charge on any atom is 0.162 e. The summed E-state index contributed by atoms with van der Waals surface area (Å²) in [7, 11) is 1.58. The van der Waals surface area contributed by atoms with Crippen LogP contribution in [0.25, 0.3) is 0 Å². The van der Waals surface area contributed by atoms with Gasteiger partial charge in [0.05, 0.1) is 12.9 Å². The summed E-state index contributed by atoms with van der Waals surface area (Å²) in [6.07, 6.45) is 3.70. The zero-order valence-electron chi connectivity index (χ0n) is 6.39. The summed E-state index contributed by atoms with van der Waals surface area (Å²) >= 11 is 0. The average molecular weight is 140 g/mol. The van der Waals surface area contributed by atoms with E-state index >= 15 is 0 Å². The molecule has 0 N–H and O–H groups in total. The van der Waals surface area contributed by atoms with Crippen molar-refractivity contribution >= 4 is 5.78 Å². The topological polar surface area (TPSA) is 26.3 Å². The highest BCUT2D eigenvalue weighted by atomic mass is 16.5. The molecule has 10 heavy (non-hydrogen) atoms. The van der Waals surface area contributed by atoms with Gasteiger partial charge in [-0.1, -0.05) is 0 Å². The number of ether oxygens (including phenoxy) is 1. The SMILES string of the molecule is COC(C)=CC(=O)C1CC1. The van der Waals surface area contributed by atoms with Crippen molar-refractivity contribution in [2.75, 3.05) is 7.11 Å². The lowest BCUT2D eigenvalue weighted by atomic mass is 10.2. The first-order valence-corrected chi connectivity index (χ1v) is 3.50. The second-order valence-electron chi connectivity index (χ2n) is 2.64. The highest BCUT2D eigenvalue weighted by molar-refractivity contribution is 5.93. The van der Waals surface area contributed by atoms with E-state index in [9.17, 15) is 4.79 Å². The van der Waals surface area contributed by atoms with Crippen molar-refractivity contribution in [2.24, 2.45) is 5.92 Å². The Balaban J connectivity index is 2.41. The maximum atomic E-state index is 11.0.